The van der Waals surface area contributed by atoms with E-state index >= 15 is 0 Å². The molecule has 0 aliphatic carbocycles. The number of anilines is 1. The Morgan fingerprint density at radius 3 is 2.62 bits per heavy atom. The van der Waals surface area contributed by atoms with E-state index in [-0.39, 0.29) is 5.82 Å². The molecule has 0 unspecified atom stereocenters. The molecule has 0 atom stereocenters. The third kappa shape index (κ3) is 1.98. The molecule has 0 aromatic heterocycles. The molecule has 2 nitrogen and oxygen atoms in total. The molecule has 2 aromatic rings. The van der Waals surface area contributed by atoms with E-state index in [2.05, 4.69) is 0 Å². The lowest BCUT2D eigenvalue weighted by Gasteiger charge is -2.08. The van der Waals surface area contributed by atoms with Gasteiger partial charge in [0.2, 0.25) is 0 Å². The minimum atomic E-state index is -0.278. The van der Waals surface area contributed by atoms with Crippen molar-refractivity contribution in [1.82, 2.24) is 0 Å². The summed E-state index contributed by atoms with van der Waals surface area (Å²) in [4.78, 5) is 0. The van der Waals surface area contributed by atoms with E-state index in [1.807, 2.05) is 6.07 Å². The van der Waals surface area contributed by atoms with Gasteiger partial charge in [-0.1, -0.05) is 12.1 Å². The second kappa shape index (κ2) is 4.23. The molecule has 0 spiro atoms. The Kier molecular flexibility index (Phi) is 2.77. The monoisotopic (exact) mass is 217 g/mol. The van der Waals surface area contributed by atoms with Gasteiger partial charge in [0.15, 0.2) is 0 Å². The van der Waals surface area contributed by atoms with Crippen molar-refractivity contribution in [3.8, 4) is 16.9 Å². The second-order valence-electron chi connectivity index (χ2n) is 3.46. The first-order valence-electron chi connectivity index (χ1n) is 4.90. The van der Waals surface area contributed by atoms with E-state index in [4.69, 9.17) is 10.5 Å². The van der Waals surface area contributed by atoms with Gasteiger partial charge in [0, 0.05) is 11.3 Å². The molecule has 2 N–H and O–H groups in total. The summed E-state index contributed by atoms with van der Waals surface area (Å²) in [5.74, 6) is 0.424. The van der Waals surface area contributed by atoms with Crippen LogP contribution in [0.3, 0.4) is 0 Å². The van der Waals surface area contributed by atoms with Gasteiger partial charge in [-0.25, -0.2) is 4.39 Å². The maximum atomic E-state index is 13.1. The van der Waals surface area contributed by atoms with Gasteiger partial charge >= 0.3 is 0 Å². The highest BCUT2D eigenvalue weighted by Crippen LogP contribution is 2.29. The van der Waals surface area contributed by atoms with E-state index in [1.54, 1.807) is 31.4 Å². The summed E-state index contributed by atoms with van der Waals surface area (Å²) in [7, 11) is 1.58. The van der Waals surface area contributed by atoms with Crippen LogP contribution in [0.5, 0.6) is 5.75 Å². The maximum absolute atomic E-state index is 13.1. The number of halogens is 1. The summed E-state index contributed by atoms with van der Waals surface area (Å²) in [6.45, 7) is 0. The van der Waals surface area contributed by atoms with Crippen LogP contribution in [0.4, 0.5) is 10.1 Å². The molecule has 0 saturated heterocycles. The molecular weight excluding hydrogens is 205 g/mol. The zero-order valence-electron chi connectivity index (χ0n) is 8.91. The van der Waals surface area contributed by atoms with Crippen molar-refractivity contribution < 1.29 is 9.13 Å². The fourth-order valence-electron chi connectivity index (χ4n) is 1.57. The zero-order chi connectivity index (χ0) is 11.5. The van der Waals surface area contributed by atoms with Gasteiger partial charge < -0.3 is 10.5 Å². The summed E-state index contributed by atoms with van der Waals surface area (Å²) in [5, 5.41) is 0. The van der Waals surface area contributed by atoms with Gasteiger partial charge in [-0.2, -0.15) is 0 Å². The van der Waals surface area contributed by atoms with Crippen LogP contribution in [0.1, 0.15) is 0 Å². The highest BCUT2D eigenvalue weighted by atomic mass is 19.1. The van der Waals surface area contributed by atoms with Crippen molar-refractivity contribution in [2.24, 2.45) is 0 Å². The molecule has 2 aromatic carbocycles. The Hall–Kier alpha value is -2.03. The molecule has 3 heteroatoms. The van der Waals surface area contributed by atoms with E-state index < -0.39 is 0 Å². The van der Waals surface area contributed by atoms with Gasteiger partial charge in [-0.3, -0.25) is 0 Å². The topological polar surface area (TPSA) is 35.2 Å². The number of hydrogen-bond donors (Lipinski definition) is 1. The van der Waals surface area contributed by atoms with E-state index in [0.29, 0.717) is 11.4 Å². The molecule has 0 aliphatic heterocycles. The summed E-state index contributed by atoms with van der Waals surface area (Å²) in [6, 6.07) is 11.6. The first-order valence-corrected chi connectivity index (χ1v) is 4.90. The van der Waals surface area contributed by atoms with Crippen LogP contribution in [-0.2, 0) is 0 Å². The smallest absolute Gasteiger partial charge is 0.123 e. The quantitative estimate of drug-likeness (QED) is 0.784. The number of nitrogens with two attached hydrogens (primary N) is 1. The summed E-state index contributed by atoms with van der Waals surface area (Å²) in [6.07, 6.45) is 0. The Balaban J connectivity index is 2.54. The molecule has 0 bridgehead atoms. The number of hydrogen-bond acceptors (Lipinski definition) is 2. The average molecular weight is 217 g/mol. The second-order valence-corrected chi connectivity index (χ2v) is 3.46. The number of methoxy groups -OCH3 is 1. The van der Waals surface area contributed by atoms with Crippen LogP contribution in [0.25, 0.3) is 11.1 Å². The van der Waals surface area contributed by atoms with Crippen molar-refractivity contribution in [2.45, 2.75) is 0 Å². The average Bonchev–Trinajstić information content (AvgIpc) is 2.30. The molecule has 0 saturated carbocycles. The maximum Gasteiger partial charge on any atom is 0.123 e. The lowest BCUT2D eigenvalue weighted by atomic mass is 10.0. The molecule has 16 heavy (non-hydrogen) atoms. The zero-order valence-corrected chi connectivity index (χ0v) is 8.91. The third-order valence-corrected chi connectivity index (χ3v) is 2.40. The lowest BCUT2D eigenvalue weighted by molar-refractivity contribution is 0.415. The van der Waals surface area contributed by atoms with Gasteiger partial charge in [-0.05, 0) is 35.9 Å². The standard InChI is InChI=1S/C13H12FNO/c1-16-11-5-6-13(15)12(8-11)9-3-2-4-10(14)7-9/h2-8H,15H2,1H3. The number of benzene rings is 2. The minimum Gasteiger partial charge on any atom is -0.497 e. The Labute approximate surface area is 93.5 Å². The van der Waals surface area contributed by atoms with Crippen molar-refractivity contribution in [2.75, 3.05) is 12.8 Å². The van der Waals surface area contributed by atoms with Gasteiger partial charge in [-0.15, -0.1) is 0 Å². The van der Waals surface area contributed by atoms with Gasteiger partial charge in [0.05, 0.1) is 7.11 Å². The van der Waals surface area contributed by atoms with Crippen molar-refractivity contribution in [3.63, 3.8) is 0 Å². The van der Waals surface area contributed by atoms with Crippen molar-refractivity contribution in [3.05, 3.63) is 48.3 Å². The number of ether oxygens (including phenoxy) is 1. The SMILES string of the molecule is COc1ccc(N)c(-c2cccc(F)c2)c1. The van der Waals surface area contributed by atoms with Crippen LogP contribution in [0.15, 0.2) is 42.5 Å². The van der Waals surface area contributed by atoms with Crippen molar-refractivity contribution >= 4 is 5.69 Å². The van der Waals surface area contributed by atoms with Crippen LogP contribution in [-0.4, -0.2) is 7.11 Å². The fourth-order valence-corrected chi connectivity index (χ4v) is 1.57. The normalized spacial score (nSPS) is 10.1. The van der Waals surface area contributed by atoms with E-state index in [1.165, 1.54) is 12.1 Å². The fraction of sp³-hybridized carbons (Fsp3) is 0.0769. The predicted molar refractivity (Wildman–Crippen MR) is 62.8 cm³/mol. The summed E-state index contributed by atoms with van der Waals surface area (Å²) >= 11 is 0. The summed E-state index contributed by atoms with van der Waals surface area (Å²) in [5.41, 5.74) is 7.97. The van der Waals surface area contributed by atoms with Crippen LogP contribution >= 0.6 is 0 Å². The summed E-state index contributed by atoms with van der Waals surface area (Å²) < 4.78 is 18.2. The molecule has 82 valence electrons. The van der Waals surface area contributed by atoms with Crippen LogP contribution in [0.2, 0.25) is 0 Å². The first-order chi connectivity index (χ1) is 7.70. The predicted octanol–water partition coefficient (Wildman–Crippen LogP) is 3.08. The molecule has 0 aliphatic rings. The van der Waals surface area contributed by atoms with Gasteiger partial charge in [0.25, 0.3) is 0 Å². The molecule has 0 radical (unpaired) electrons. The number of rotatable bonds is 2. The van der Waals surface area contributed by atoms with Crippen molar-refractivity contribution in [1.29, 1.82) is 0 Å². The third-order valence-electron chi connectivity index (χ3n) is 2.40. The highest BCUT2D eigenvalue weighted by molar-refractivity contribution is 5.77. The minimum absolute atomic E-state index is 0.278. The Bertz CT molecular complexity index is 511. The van der Waals surface area contributed by atoms with Crippen LogP contribution < -0.4 is 10.5 Å². The van der Waals surface area contributed by atoms with E-state index in [9.17, 15) is 4.39 Å². The first kappa shape index (κ1) is 10.5. The Morgan fingerprint density at radius 1 is 1.12 bits per heavy atom. The van der Waals surface area contributed by atoms with Gasteiger partial charge in [0.1, 0.15) is 11.6 Å². The largest absolute Gasteiger partial charge is 0.497 e. The molecule has 0 fully saturated rings. The van der Waals surface area contributed by atoms with Crippen LogP contribution in [0, 0.1) is 5.82 Å². The highest BCUT2D eigenvalue weighted by Gasteiger charge is 2.05. The lowest BCUT2D eigenvalue weighted by Crippen LogP contribution is -1.92. The number of nitrogen functional groups attached to an aromatic ring is 1. The Morgan fingerprint density at radius 2 is 1.94 bits per heavy atom. The molecule has 2 rings (SSSR count). The molecule has 0 amide bonds. The molecule has 0 heterocycles. The van der Waals surface area contributed by atoms with E-state index in [0.717, 1.165) is 11.1 Å². The molecular formula is C13H12FNO.